The van der Waals surface area contributed by atoms with Crippen LogP contribution in [0.15, 0.2) is 11.6 Å². The number of anilines is 1. The minimum atomic E-state index is -4.52. The number of hydrogen-bond donors (Lipinski definition) is 5. The zero-order chi connectivity index (χ0) is 25.6. The minimum Gasteiger partial charge on any atom is -0.375 e. The molecule has 0 amide bonds. The summed E-state index contributed by atoms with van der Waals surface area (Å²) in [6.45, 7) is 7.74. The molecule has 11 nitrogen and oxygen atoms in total. The van der Waals surface area contributed by atoms with Crippen LogP contribution in [0.25, 0.3) is 6.08 Å². The number of rotatable bonds is 8. The molecule has 1 atom stereocenters. The fourth-order valence-electron chi connectivity index (χ4n) is 4.17. The zero-order valence-electron chi connectivity index (χ0n) is 19.4. The Labute approximate surface area is 202 Å². The highest BCUT2D eigenvalue weighted by molar-refractivity contribution is 7.89. The van der Waals surface area contributed by atoms with E-state index in [1.54, 1.807) is 6.08 Å². The van der Waals surface area contributed by atoms with E-state index in [0.29, 0.717) is 62.6 Å². The Morgan fingerprint density at radius 2 is 2.03 bits per heavy atom. The lowest BCUT2D eigenvalue weighted by Crippen LogP contribution is -2.47. The highest BCUT2D eigenvalue weighted by Gasteiger charge is 2.32. The van der Waals surface area contributed by atoms with Crippen molar-refractivity contribution in [2.45, 2.75) is 63.4 Å². The van der Waals surface area contributed by atoms with Crippen molar-refractivity contribution >= 4 is 33.7 Å². The number of alkyl halides is 3. The molecule has 0 bridgehead atoms. The van der Waals surface area contributed by atoms with Crippen molar-refractivity contribution < 1.29 is 31.5 Å². The normalized spacial score (nSPS) is 24.3. The van der Waals surface area contributed by atoms with Crippen LogP contribution in [0.1, 0.15) is 44.6 Å². The number of nitrogens with one attached hydrogen (secondary N) is 4. The highest BCUT2D eigenvalue weighted by atomic mass is 32.2. The number of halogens is 3. The molecular formula is C20H32F3N7O4S. The summed E-state index contributed by atoms with van der Waals surface area (Å²) in [5.41, 5.74) is 2.70. The molecule has 1 saturated carbocycles. The zero-order valence-corrected chi connectivity index (χ0v) is 20.3. The van der Waals surface area contributed by atoms with Gasteiger partial charge in [-0.2, -0.15) is 23.3 Å². The third kappa shape index (κ3) is 8.08. The first-order chi connectivity index (χ1) is 16.5. The molecule has 0 unspecified atom stereocenters. The molecule has 35 heavy (non-hydrogen) atoms. The third-order valence-electron chi connectivity index (χ3n) is 5.91. The second-order valence-electron chi connectivity index (χ2n) is 8.71. The molecule has 3 rings (SSSR count). The average molecular weight is 524 g/mol. The predicted octanol–water partition coefficient (Wildman–Crippen LogP) is 2.02. The number of morpholine rings is 1. The van der Waals surface area contributed by atoms with Gasteiger partial charge in [0.15, 0.2) is 11.6 Å². The molecule has 15 heteroatoms. The highest BCUT2D eigenvalue weighted by Crippen LogP contribution is 2.29. The Bertz CT molecular complexity index is 991. The van der Waals surface area contributed by atoms with Crippen LogP contribution in [0.4, 0.5) is 24.8 Å². The molecule has 1 aromatic heterocycles. The van der Waals surface area contributed by atoms with Gasteiger partial charge in [-0.25, -0.2) is 18.6 Å². The number of nitrogens with zero attached hydrogens (tertiary/aromatic N) is 3. The maximum absolute atomic E-state index is 12.3. The quantitative estimate of drug-likeness (QED) is 0.198. The Hall–Kier alpha value is -2.36. The first-order valence-electron chi connectivity index (χ1n) is 11.4. The van der Waals surface area contributed by atoms with Crippen molar-refractivity contribution in [3.05, 3.63) is 12.1 Å². The number of ether oxygens (including phenoxy) is 1. The van der Waals surface area contributed by atoms with Crippen molar-refractivity contribution in [2.24, 2.45) is 4.99 Å². The Morgan fingerprint density at radius 1 is 1.34 bits per heavy atom. The summed E-state index contributed by atoms with van der Waals surface area (Å²) >= 11 is 0. The van der Waals surface area contributed by atoms with Crippen LogP contribution in [0.5, 0.6) is 0 Å². The summed E-state index contributed by atoms with van der Waals surface area (Å²) < 4.78 is 68.8. The van der Waals surface area contributed by atoms with Gasteiger partial charge in [0.05, 0.1) is 30.4 Å². The number of sulfonamides is 1. The van der Waals surface area contributed by atoms with Crippen LogP contribution in [0.2, 0.25) is 0 Å². The van der Waals surface area contributed by atoms with Crippen LogP contribution >= 0.6 is 0 Å². The molecule has 5 N–H and O–H groups in total. The molecule has 1 aliphatic heterocycles. The van der Waals surface area contributed by atoms with Crippen molar-refractivity contribution in [2.75, 3.05) is 30.3 Å². The van der Waals surface area contributed by atoms with Gasteiger partial charge in [-0.3, -0.25) is 10.3 Å². The summed E-state index contributed by atoms with van der Waals surface area (Å²) in [6, 6.07) is -0.564. The number of aromatic nitrogens is 2. The Kier molecular flexibility index (Phi) is 9.01. The van der Waals surface area contributed by atoms with Gasteiger partial charge in [0, 0.05) is 25.2 Å². The van der Waals surface area contributed by atoms with Gasteiger partial charge in [0.1, 0.15) is 0 Å². The fourth-order valence-corrected chi connectivity index (χ4v) is 5.53. The smallest absolute Gasteiger partial charge is 0.375 e. The standard InChI is InChI=1S/C20H32F3N7O4S/c1-3-16-17(26-27-18(16)30-9-10-34-13(2)12-30)25-19(28-31)24-14-4-6-15(7-5-14)29-35(32,33)11-8-20(21,22)23/h3,13-15,29,31H,1,4-12H2,2H3,(H3,24,25,26,27,28)/t13-,14-,15-/m0/s1. The van der Waals surface area contributed by atoms with Crippen molar-refractivity contribution in [1.29, 1.82) is 0 Å². The van der Waals surface area contributed by atoms with Crippen LogP contribution in [0.3, 0.4) is 0 Å². The van der Waals surface area contributed by atoms with Gasteiger partial charge in [-0.15, -0.1) is 0 Å². The predicted molar refractivity (Wildman–Crippen MR) is 125 cm³/mol. The molecule has 1 saturated heterocycles. The number of hydroxylamine groups is 1. The van der Waals surface area contributed by atoms with E-state index in [1.165, 1.54) is 0 Å². The van der Waals surface area contributed by atoms with Gasteiger partial charge >= 0.3 is 6.18 Å². The summed E-state index contributed by atoms with van der Waals surface area (Å²) in [4.78, 5) is 6.45. The summed E-state index contributed by atoms with van der Waals surface area (Å²) in [7, 11) is -4.02. The molecule has 0 spiro atoms. The van der Waals surface area contributed by atoms with Gasteiger partial charge in [-0.05, 0) is 32.6 Å². The van der Waals surface area contributed by atoms with Crippen molar-refractivity contribution in [1.82, 2.24) is 25.7 Å². The average Bonchev–Trinajstić information content (AvgIpc) is 3.20. The van der Waals surface area contributed by atoms with E-state index < -0.39 is 34.4 Å². The lowest BCUT2D eigenvalue weighted by Gasteiger charge is -2.31. The van der Waals surface area contributed by atoms with Gasteiger partial charge in [0.2, 0.25) is 16.0 Å². The molecular weight excluding hydrogens is 491 g/mol. The molecule has 2 aliphatic rings. The fraction of sp³-hybridized carbons (Fsp3) is 0.700. The Balaban J connectivity index is 1.57. The second kappa shape index (κ2) is 11.6. The molecule has 0 aromatic carbocycles. The molecule has 198 valence electrons. The number of guanidine groups is 1. The van der Waals surface area contributed by atoms with Gasteiger partial charge in [-0.1, -0.05) is 12.7 Å². The van der Waals surface area contributed by atoms with Gasteiger partial charge in [0.25, 0.3) is 0 Å². The lowest BCUT2D eigenvalue weighted by atomic mass is 9.92. The number of hydrogen-bond acceptors (Lipinski definition) is 7. The van der Waals surface area contributed by atoms with E-state index in [-0.39, 0.29) is 18.1 Å². The topological polar surface area (TPSA) is 144 Å². The summed E-state index contributed by atoms with van der Waals surface area (Å²) in [6.07, 6.45) is -2.29. The number of H-pyrrole nitrogens is 1. The first kappa shape index (κ1) is 27.2. The largest absolute Gasteiger partial charge is 0.390 e. The van der Waals surface area contributed by atoms with Crippen LogP contribution in [0, 0.1) is 0 Å². The van der Waals surface area contributed by atoms with Gasteiger partial charge < -0.3 is 15.0 Å². The van der Waals surface area contributed by atoms with E-state index in [0.717, 1.165) is 0 Å². The van der Waals surface area contributed by atoms with E-state index in [1.807, 2.05) is 12.4 Å². The number of aliphatic imine (C=N–C) groups is 1. The van der Waals surface area contributed by atoms with Crippen LogP contribution in [-0.2, 0) is 14.8 Å². The van der Waals surface area contributed by atoms with Crippen molar-refractivity contribution in [3.63, 3.8) is 0 Å². The monoisotopic (exact) mass is 523 g/mol. The second-order valence-corrected chi connectivity index (χ2v) is 10.6. The van der Waals surface area contributed by atoms with E-state index >= 15 is 0 Å². The van der Waals surface area contributed by atoms with E-state index in [9.17, 15) is 26.8 Å². The third-order valence-corrected chi connectivity index (χ3v) is 7.34. The first-order valence-corrected chi connectivity index (χ1v) is 13.0. The molecule has 0 radical (unpaired) electrons. The summed E-state index contributed by atoms with van der Waals surface area (Å²) in [5, 5.41) is 19.9. The molecule has 1 aliphatic carbocycles. The van der Waals surface area contributed by atoms with E-state index in [2.05, 4.69) is 36.7 Å². The SMILES string of the molecule is C=Cc1c(N2CCO[C@@H](C)C2)n[nH]c1/N=C(\NO)N[C@H]1CC[C@H](NS(=O)(=O)CCC(F)(F)F)CC1. The van der Waals surface area contributed by atoms with Crippen LogP contribution in [-0.4, -0.2) is 79.6 Å². The van der Waals surface area contributed by atoms with Crippen molar-refractivity contribution in [3.8, 4) is 0 Å². The molecule has 2 heterocycles. The maximum atomic E-state index is 12.3. The lowest BCUT2D eigenvalue weighted by molar-refractivity contribution is -0.130. The van der Waals surface area contributed by atoms with Crippen LogP contribution < -0.4 is 20.4 Å². The number of aromatic amines is 1. The summed E-state index contributed by atoms with van der Waals surface area (Å²) in [5.74, 6) is 0.169. The molecule has 2 fully saturated rings. The molecule has 1 aromatic rings. The van der Waals surface area contributed by atoms with E-state index in [4.69, 9.17) is 4.74 Å². The maximum Gasteiger partial charge on any atom is 0.390 e. The minimum absolute atomic E-state index is 0.0608. The Morgan fingerprint density at radius 3 is 2.63 bits per heavy atom.